The monoisotopic (exact) mass is 414 g/mol. The fraction of sp³-hybridized carbons (Fsp3) is 0.192. The molecule has 0 atom stereocenters. The lowest BCUT2D eigenvalue weighted by Gasteiger charge is -2.36. The van der Waals surface area contributed by atoms with Crippen LogP contribution in [0.25, 0.3) is 21.5 Å². The van der Waals surface area contributed by atoms with E-state index in [0.717, 1.165) is 65.0 Å². The van der Waals surface area contributed by atoms with Crippen LogP contribution in [0.15, 0.2) is 83.7 Å². The van der Waals surface area contributed by atoms with Gasteiger partial charge in [-0.3, -0.25) is 9.69 Å². The highest BCUT2D eigenvalue weighted by Gasteiger charge is 2.19. The summed E-state index contributed by atoms with van der Waals surface area (Å²) in [6.45, 7) is 4.77. The van der Waals surface area contributed by atoms with Crippen LogP contribution in [0.4, 0.5) is 5.69 Å². The molecule has 5 rings (SSSR count). The maximum absolute atomic E-state index is 13.2. The fourth-order valence-corrected chi connectivity index (χ4v) is 4.49. The van der Waals surface area contributed by atoms with Gasteiger partial charge in [-0.25, -0.2) is 0 Å². The first-order chi connectivity index (χ1) is 14.7. The zero-order valence-corrected chi connectivity index (χ0v) is 17.5. The molecule has 4 aromatic rings. The molecule has 1 aliphatic heterocycles. The van der Waals surface area contributed by atoms with Crippen LogP contribution in [0.1, 0.15) is 5.56 Å². The number of benzene rings is 3. The summed E-state index contributed by atoms with van der Waals surface area (Å²) in [6, 6.07) is 26.2. The Labute approximate surface area is 181 Å². The van der Waals surface area contributed by atoms with Gasteiger partial charge in [-0.05, 0) is 29.1 Å². The number of nitrogens with zero attached hydrogens (tertiary/aromatic N) is 2. The third kappa shape index (κ3) is 3.67. The van der Waals surface area contributed by atoms with Crippen molar-refractivity contribution in [1.82, 2.24) is 4.90 Å². The highest BCUT2D eigenvalue weighted by atomic mass is 35.5. The normalized spacial score (nSPS) is 15.0. The second-order valence-electron chi connectivity index (χ2n) is 7.88. The van der Waals surface area contributed by atoms with Gasteiger partial charge in [-0.2, -0.15) is 0 Å². The first-order valence-electron chi connectivity index (χ1n) is 10.4. The van der Waals surface area contributed by atoms with Gasteiger partial charge in [-0.1, -0.05) is 72.3 Å². The van der Waals surface area contributed by atoms with Gasteiger partial charge in [0.1, 0.15) is 0 Å². The van der Waals surface area contributed by atoms with Gasteiger partial charge in [0.2, 0.25) is 0 Å². The van der Waals surface area contributed by atoms with Crippen molar-refractivity contribution in [3.05, 3.63) is 99.7 Å². The number of piperazine rings is 1. The number of halogens is 1. The lowest BCUT2D eigenvalue weighted by molar-refractivity contribution is 0.250. The number of anilines is 1. The Morgan fingerprint density at radius 3 is 2.10 bits per heavy atom. The number of hydrogen-bond donors (Lipinski definition) is 0. The molecule has 30 heavy (non-hydrogen) atoms. The molecule has 0 radical (unpaired) electrons. The zero-order chi connectivity index (χ0) is 20.5. The molecule has 0 spiro atoms. The standard InChI is InChI=1S/C26H23ClN2O/c27-21-11-9-19(10-12-21)18-28-13-15-29(16-14-28)25-17-20-5-1-2-6-22(20)26(30)24-8-4-3-7-23(24)25/h1-12,17H,13-16,18H2. The smallest absolute Gasteiger partial charge is 0.194 e. The van der Waals surface area contributed by atoms with E-state index in [4.69, 9.17) is 11.6 Å². The minimum absolute atomic E-state index is 0.105. The van der Waals surface area contributed by atoms with Crippen molar-refractivity contribution < 1.29 is 0 Å². The summed E-state index contributed by atoms with van der Waals surface area (Å²) in [4.78, 5) is 18.1. The van der Waals surface area contributed by atoms with E-state index in [2.05, 4.69) is 34.1 Å². The maximum atomic E-state index is 13.2. The van der Waals surface area contributed by atoms with Crippen molar-refractivity contribution in [2.45, 2.75) is 6.54 Å². The Bertz CT molecular complexity index is 1260. The summed E-state index contributed by atoms with van der Waals surface area (Å²) in [6.07, 6.45) is 0. The average Bonchev–Trinajstić information content (AvgIpc) is 2.91. The van der Waals surface area contributed by atoms with Crippen LogP contribution in [0.3, 0.4) is 0 Å². The molecule has 0 aliphatic carbocycles. The molecule has 1 fully saturated rings. The fourth-order valence-electron chi connectivity index (χ4n) is 4.36. The third-order valence-corrected chi connectivity index (χ3v) is 6.23. The number of fused-ring (bicyclic) bond motifs is 2. The SMILES string of the molecule is O=c1c2ccccc2cc(N2CCN(Cc3ccc(Cl)cc3)CC2)c2ccccc12. The van der Waals surface area contributed by atoms with Crippen molar-refractivity contribution in [2.24, 2.45) is 0 Å². The second kappa shape index (κ2) is 8.10. The highest BCUT2D eigenvalue weighted by Crippen LogP contribution is 2.28. The van der Waals surface area contributed by atoms with Gasteiger partial charge in [0.25, 0.3) is 0 Å². The molecule has 150 valence electrons. The van der Waals surface area contributed by atoms with Crippen molar-refractivity contribution in [2.75, 3.05) is 31.1 Å². The molecule has 4 aromatic carbocycles. The Kier molecular flexibility index (Phi) is 5.16. The van der Waals surface area contributed by atoms with Gasteiger partial charge in [-0.15, -0.1) is 0 Å². The van der Waals surface area contributed by atoms with Gasteiger partial charge >= 0.3 is 0 Å². The van der Waals surface area contributed by atoms with Gasteiger partial charge in [0.15, 0.2) is 5.43 Å². The van der Waals surface area contributed by atoms with Crippen LogP contribution in [0.5, 0.6) is 0 Å². The summed E-state index contributed by atoms with van der Waals surface area (Å²) in [5, 5.41) is 4.37. The van der Waals surface area contributed by atoms with E-state index in [1.165, 1.54) is 5.56 Å². The van der Waals surface area contributed by atoms with Crippen LogP contribution in [-0.2, 0) is 6.54 Å². The van der Waals surface area contributed by atoms with Crippen LogP contribution in [0.2, 0.25) is 5.02 Å². The highest BCUT2D eigenvalue weighted by molar-refractivity contribution is 6.30. The van der Waals surface area contributed by atoms with Gasteiger partial charge < -0.3 is 4.90 Å². The summed E-state index contributed by atoms with van der Waals surface area (Å²) in [5.74, 6) is 0. The molecule has 0 amide bonds. The predicted molar refractivity (Wildman–Crippen MR) is 127 cm³/mol. The summed E-state index contributed by atoms with van der Waals surface area (Å²) < 4.78 is 0. The molecule has 0 bridgehead atoms. The van der Waals surface area contributed by atoms with E-state index >= 15 is 0 Å². The quantitative estimate of drug-likeness (QED) is 0.452. The molecule has 0 aromatic heterocycles. The molecular formula is C26H23ClN2O. The molecule has 0 N–H and O–H groups in total. The molecule has 4 heteroatoms. The molecule has 0 unspecified atom stereocenters. The van der Waals surface area contributed by atoms with Crippen molar-refractivity contribution in [3.63, 3.8) is 0 Å². The summed E-state index contributed by atoms with van der Waals surface area (Å²) >= 11 is 6.01. The molecule has 1 aliphatic rings. The lowest BCUT2D eigenvalue weighted by atomic mass is 10.1. The van der Waals surface area contributed by atoms with Crippen molar-refractivity contribution in [1.29, 1.82) is 0 Å². The predicted octanol–water partition coefficient (Wildman–Crippen LogP) is 5.33. The minimum atomic E-state index is 0.105. The molecule has 0 saturated carbocycles. The zero-order valence-electron chi connectivity index (χ0n) is 16.7. The molecular weight excluding hydrogens is 392 g/mol. The summed E-state index contributed by atoms with van der Waals surface area (Å²) in [7, 11) is 0. The van der Waals surface area contributed by atoms with Crippen LogP contribution < -0.4 is 10.3 Å². The van der Waals surface area contributed by atoms with Crippen molar-refractivity contribution >= 4 is 38.8 Å². The number of rotatable bonds is 3. The van der Waals surface area contributed by atoms with E-state index in [1.54, 1.807) is 0 Å². The molecule has 1 saturated heterocycles. The Morgan fingerprint density at radius 1 is 0.733 bits per heavy atom. The Hall–Kier alpha value is -2.88. The van der Waals surface area contributed by atoms with Crippen LogP contribution >= 0.6 is 11.6 Å². The third-order valence-electron chi connectivity index (χ3n) is 5.98. The maximum Gasteiger partial charge on any atom is 0.194 e. The molecule has 3 nitrogen and oxygen atoms in total. The van der Waals surface area contributed by atoms with E-state index < -0.39 is 0 Å². The van der Waals surface area contributed by atoms with E-state index in [-0.39, 0.29) is 5.43 Å². The first-order valence-corrected chi connectivity index (χ1v) is 10.7. The Morgan fingerprint density at radius 2 is 1.37 bits per heavy atom. The first kappa shape index (κ1) is 19.1. The minimum Gasteiger partial charge on any atom is -0.368 e. The second-order valence-corrected chi connectivity index (χ2v) is 8.32. The van der Waals surface area contributed by atoms with E-state index in [1.807, 2.05) is 54.6 Å². The summed E-state index contributed by atoms with van der Waals surface area (Å²) in [5.41, 5.74) is 2.54. The van der Waals surface area contributed by atoms with Crippen molar-refractivity contribution in [3.8, 4) is 0 Å². The van der Waals surface area contributed by atoms with Crippen LogP contribution in [-0.4, -0.2) is 31.1 Å². The largest absolute Gasteiger partial charge is 0.368 e. The number of hydrogen-bond acceptors (Lipinski definition) is 3. The average molecular weight is 415 g/mol. The topological polar surface area (TPSA) is 23.6 Å². The molecule has 1 heterocycles. The van der Waals surface area contributed by atoms with Gasteiger partial charge in [0, 0.05) is 59.6 Å². The lowest BCUT2D eigenvalue weighted by Crippen LogP contribution is -2.46. The van der Waals surface area contributed by atoms with E-state index in [0.29, 0.717) is 0 Å². The van der Waals surface area contributed by atoms with Gasteiger partial charge in [0.05, 0.1) is 0 Å². The van der Waals surface area contributed by atoms with Crippen LogP contribution in [0, 0.1) is 0 Å². The Balaban J connectivity index is 1.47. The van der Waals surface area contributed by atoms with E-state index in [9.17, 15) is 4.79 Å².